The van der Waals surface area contributed by atoms with E-state index in [1.165, 1.54) is 116 Å². The summed E-state index contributed by atoms with van der Waals surface area (Å²) in [6, 6.07) is 0. The molecule has 0 aromatic carbocycles. The number of hydrogen-bond donors (Lipinski definition) is 1. The normalized spacial score (nSPS) is 12.9. The van der Waals surface area contributed by atoms with Crippen LogP contribution in [0.3, 0.4) is 0 Å². The first kappa shape index (κ1) is 48.3. The van der Waals surface area contributed by atoms with Gasteiger partial charge >= 0.3 is 5.97 Å². The fourth-order valence-electron chi connectivity index (χ4n) is 6.62. The Bertz CT molecular complexity index is 648. The van der Waals surface area contributed by atoms with Crippen LogP contribution in [0.1, 0.15) is 214 Å². The first-order valence-corrected chi connectivity index (χ1v) is 21.9. The quantitative estimate of drug-likeness (QED) is 0.0390. The Morgan fingerprint density at radius 3 is 1.45 bits per heavy atom. The molecule has 0 radical (unpaired) electrons. The molecule has 0 aromatic heterocycles. The molecule has 0 amide bonds. The third kappa shape index (κ3) is 34.2. The Kier molecular flexibility index (Phi) is 39.5. The number of aliphatic hydroxyl groups excluding tert-OH is 1. The van der Waals surface area contributed by atoms with Gasteiger partial charge in [-0.25, -0.2) is 0 Å². The van der Waals surface area contributed by atoms with Gasteiger partial charge in [-0.05, 0) is 90.3 Å². The maximum atomic E-state index is 12.9. The van der Waals surface area contributed by atoms with Crippen LogP contribution < -0.4 is 0 Å². The van der Waals surface area contributed by atoms with Crippen LogP contribution in [-0.2, 0) is 19.0 Å². The highest BCUT2D eigenvalue weighted by molar-refractivity contribution is 5.72. The van der Waals surface area contributed by atoms with Gasteiger partial charge in [-0.1, -0.05) is 143 Å². The van der Waals surface area contributed by atoms with E-state index in [-0.39, 0.29) is 24.8 Å². The van der Waals surface area contributed by atoms with E-state index >= 15 is 0 Å². The highest BCUT2D eigenvalue weighted by Gasteiger charge is 2.19. The standard InChI is InChI=1S/C43H87NO5/c1-5-9-12-15-17-23-32-41(31-22-14-11-7-3)43(46)49-40-30-21-19-26-35-44(36-27-28-37-45)34-25-18-20-29-39-48-42(47-38-8-4)33-24-16-13-10-6-2/h41-42,45H,5-40H2,1-4H3. The first-order chi connectivity index (χ1) is 24.1. The van der Waals surface area contributed by atoms with Crippen LogP contribution in [0, 0.1) is 5.92 Å². The Morgan fingerprint density at radius 1 is 0.469 bits per heavy atom. The van der Waals surface area contributed by atoms with Gasteiger partial charge in [0.25, 0.3) is 0 Å². The minimum absolute atomic E-state index is 0.0252. The van der Waals surface area contributed by atoms with E-state index in [1.54, 1.807) is 0 Å². The molecule has 1 N–H and O–H groups in total. The van der Waals surface area contributed by atoms with Crippen LogP contribution in [0.5, 0.6) is 0 Å². The largest absolute Gasteiger partial charge is 0.465 e. The molecule has 0 fully saturated rings. The minimum Gasteiger partial charge on any atom is -0.465 e. The number of aliphatic hydroxyl groups is 1. The molecule has 6 nitrogen and oxygen atoms in total. The van der Waals surface area contributed by atoms with E-state index < -0.39 is 0 Å². The molecule has 0 saturated heterocycles. The Hall–Kier alpha value is -0.690. The van der Waals surface area contributed by atoms with Crippen molar-refractivity contribution in [3.8, 4) is 0 Å². The Labute approximate surface area is 306 Å². The molecular formula is C43H87NO5. The lowest BCUT2D eigenvalue weighted by atomic mass is 9.94. The van der Waals surface area contributed by atoms with Crippen molar-refractivity contribution < 1.29 is 24.1 Å². The predicted molar refractivity (Wildman–Crippen MR) is 210 cm³/mol. The zero-order valence-corrected chi connectivity index (χ0v) is 33.6. The molecule has 0 aromatic rings. The molecule has 0 rings (SSSR count). The van der Waals surface area contributed by atoms with Gasteiger partial charge in [0.1, 0.15) is 0 Å². The Morgan fingerprint density at radius 2 is 0.898 bits per heavy atom. The van der Waals surface area contributed by atoms with Gasteiger partial charge in [0, 0.05) is 19.8 Å². The molecule has 294 valence electrons. The number of esters is 1. The number of unbranched alkanes of at least 4 members (excludes halogenated alkanes) is 19. The zero-order chi connectivity index (χ0) is 35.9. The molecule has 0 aliphatic rings. The number of nitrogens with zero attached hydrogens (tertiary/aromatic N) is 1. The predicted octanol–water partition coefficient (Wildman–Crippen LogP) is 12.2. The first-order valence-electron chi connectivity index (χ1n) is 21.9. The lowest BCUT2D eigenvalue weighted by molar-refractivity contribution is -0.149. The zero-order valence-electron chi connectivity index (χ0n) is 33.6. The van der Waals surface area contributed by atoms with Gasteiger partial charge in [0.2, 0.25) is 0 Å². The summed E-state index contributed by atoms with van der Waals surface area (Å²) in [5, 5.41) is 9.29. The summed E-state index contributed by atoms with van der Waals surface area (Å²) in [6.07, 6.45) is 34.2. The summed E-state index contributed by atoms with van der Waals surface area (Å²) < 4.78 is 17.9. The van der Waals surface area contributed by atoms with Crippen LogP contribution in [0.4, 0.5) is 0 Å². The van der Waals surface area contributed by atoms with E-state index in [0.717, 1.165) is 103 Å². The summed E-state index contributed by atoms with van der Waals surface area (Å²) in [5.41, 5.74) is 0. The average molecular weight is 698 g/mol. The molecule has 0 spiro atoms. The second-order valence-corrected chi connectivity index (χ2v) is 14.7. The SMILES string of the molecule is CCCCCCCCC(CCCCCC)C(=O)OCCCCCCN(CCCCO)CCCCCCOC(CCCCCCC)OCCC. The Balaban J connectivity index is 4.24. The van der Waals surface area contributed by atoms with Gasteiger partial charge in [0.15, 0.2) is 6.29 Å². The molecule has 6 heteroatoms. The summed E-state index contributed by atoms with van der Waals surface area (Å²) in [4.78, 5) is 15.5. The maximum Gasteiger partial charge on any atom is 0.308 e. The van der Waals surface area contributed by atoms with Crippen molar-refractivity contribution >= 4 is 5.97 Å². The van der Waals surface area contributed by atoms with Crippen molar-refractivity contribution in [1.82, 2.24) is 4.90 Å². The van der Waals surface area contributed by atoms with Crippen LogP contribution in [0.2, 0.25) is 0 Å². The van der Waals surface area contributed by atoms with Crippen molar-refractivity contribution in [3.05, 3.63) is 0 Å². The number of ether oxygens (including phenoxy) is 3. The van der Waals surface area contributed by atoms with Gasteiger partial charge in [-0.2, -0.15) is 0 Å². The smallest absolute Gasteiger partial charge is 0.308 e. The second kappa shape index (κ2) is 40.1. The van der Waals surface area contributed by atoms with Crippen LogP contribution in [0.25, 0.3) is 0 Å². The fraction of sp³-hybridized carbons (Fsp3) is 0.977. The fourth-order valence-corrected chi connectivity index (χ4v) is 6.62. The van der Waals surface area contributed by atoms with Gasteiger partial charge in [0.05, 0.1) is 12.5 Å². The lowest BCUT2D eigenvalue weighted by Crippen LogP contribution is -2.27. The highest BCUT2D eigenvalue weighted by atomic mass is 16.7. The number of hydrogen-bond acceptors (Lipinski definition) is 6. The molecular weight excluding hydrogens is 610 g/mol. The number of rotatable bonds is 41. The topological polar surface area (TPSA) is 68.2 Å². The summed E-state index contributed by atoms with van der Waals surface area (Å²) in [5.74, 6) is 0.166. The molecule has 49 heavy (non-hydrogen) atoms. The molecule has 0 bridgehead atoms. The number of carbonyl (C=O) groups is 1. The van der Waals surface area contributed by atoms with Crippen LogP contribution in [0.15, 0.2) is 0 Å². The van der Waals surface area contributed by atoms with E-state index in [0.29, 0.717) is 6.61 Å². The lowest BCUT2D eigenvalue weighted by Gasteiger charge is -2.22. The van der Waals surface area contributed by atoms with Crippen molar-refractivity contribution in [3.63, 3.8) is 0 Å². The molecule has 0 aliphatic carbocycles. The third-order valence-electron chi connectivity index (χ3n) is 9.86. The van der Waals surface area contributed by atoms with Gasteiger partial charge in [-0.15, -0.1) is 0 Å². The highest BCUT2D eigenvalue weighted by Crippen LogP contribution is 2.21. The van der Waals surface area contributed by atoms with Crippen LogP contribution in [-0.4, -0.2) is 68.3 Å². The van der Waals surface area contributed by atoms with Crippen molar-refractivity contribution in [2.24, 2.45) is 5.92 Å². The van der Waals surface area contributed by atoms with Crippen molar-refractivity contribution in [1.29, 1.82) is 0 Å². The van der Waals surface area contributed by atoms with Crippen molar-refractivity contribution in [2.75, 3.05) is 46.1 Å². The molecule has 0 saturated carbocycles. The molecule has 0 heterocycles. The second-order valence-electron chi connectivity index (χ2n) is 14.7. The van der Waals surface area contributed by atoms with E-state index in [4.69, 9.17) is 14.2 Å². The molecule has 2 unspecified atom stereocenters. The third-order valence-corrected chi connectivity index (χ3v) is 9.86. The summed E-state index contributed by atoms with van der Waals surface area (Å²) in [6.45, 7) is 14.7. The maximum absolute atomic E-state index is 12.9. The molecule has 0 aliphatic heterocycles. The summed E-state index contributed by atoms with van der Waals surface area (Å²) >= 11 is 0. The molecule has 2 atom stereocenters. The monoisotopic (exact) mass is 698 g/mol. The minimum atomic E-state index is -0.0252. The van der Waals surface area contributed by atoms with Crippen molar-refractivity contribution in [2.45, 2.75) is 220 Å². The van der Waals surface area contributed by atoms with Gasteiger partial charge in [-0.3, -0.25) is 4.79 Å². The number of carbonyl (C=O) groups excluding carboxylic acids is 1. The van der Waals surface area contributed by atoms with E-state index in [2.05, 4.69) is 32.6 Å². The average Bonchev–Trinajstić information content (AvgIpc) is 3.11. The summed E-state index contributed by atoms with van der Waals surface area (Å²) in [7, 11) is 0. The van der Waals surface area contributed by atoms with Gasteiger partial charge < -0.3 is 24.2 Å². The van der Waals surface area contributed by atoms with E-state index in [9.17, 15) is 9.90 Å². The van der Waals surface area contributed by atoms with Crippen LogP contribution >= 0.6 is 0 Å². The van der Waals surface area contributed by atoms with E-state index in [1.807, 2.05) is 0 Å².